The molecule has 1 fully saturated rings. The van der Waals surface area contributed by atoms with Crippen molar-refractivity contribution >= 4 is 18.3 Å². The molecule has 144 valence electrons. The zero-order valence-corrected chi connectivity index (χ0v) is 16.4. The van der Waals surface area contributed by atoms with Crippen molar-refractivity contribution in [1.29, 1.82) is 0 Å². The number of nitrogens with zero attached hydrogens (tertiary/aromatic N) is 2. The molecule has 0 bridgehead atoms. The van der Waals surface area contributed by atoms with Gasteiger partial charge in [-0.25, -0.2) is 4.68 Å². The first-order chi connectivity index (χ1) is 13.5. The number of nitrogens with one attached hydrogen (secondary N) is 1. The quantitative estimate of drug-likeness (QED) is 0.760. The first kappa shape index (κ1) is 18.3. The minimum absolute atomic E-state index is 0.0921. The van der Waals surface area contributed by atoms with Gasteiger partial charge in [-0.3, -0.25) is 9.89 Å². The Labute approximate surface area is 164 Å². The summed E-state index contributed by atoms with van der Waals surface area (Å²) in [6, 6.07) is 14.2. The Balaban J connectivity index is 1.68. The fourth-order valence-electron chi connectivity index (χ4n) is 3.46. The minimum Gasteiger partial charge on any atom is -0.378 e. The smallest absolute Gasteiger partial charge is 0.279 e. The summed E-state index contributed by atoms with van der Waals surface area (Å²) < 4.78 is 6.97. The molecule has 5 heteroatoms. The summed E-state index contributed by atoms with van der Waals surface area (Å²) in [4.78, 5) is 15.3. The number of anilines is 1. The molecule has 1 N–H and O–H groups in total. The normalized spacial score (nSPS) is 15.2. The van der Waals surface area contributed by atoms with Gasteiger partial charge in [-0.2, -0.15) is 0 Å². The summed E-state index contributed by atoms with van der Waals surface area (Å²) in [5, 5.41) is 4.29. The Morgan fingerprint density at radius 2 is 1.68 bits per heavy atom. The van der Waals surface area contributed by atoms with Gasteiger partial charge >= 0.3 is 0 Å². The van der Waals surface area contributed by atoms with Crippen LogP contribution in [-0.4, -0.2) is 36.1 Å². The number of morpholine rings is 1. The van der Waals surface area contributed by atoms with Crippen LogP contribution in [0.15, 0.2) is 47.3 Å². The molecule has 0 unspecified atom stereocenters. The first-order valence-corrected chi connectivity index (χ1v) is 9.55. The van der Waals surface area contributed by atoms with E-state index >= 15 is 0 Å². The number of rotatable bonds is 3. The van der Waals surface area contributed by atoms with Crippen molar-refractivity contribution in [1.82, 2.24) is 9.78 Å². The second-order valence-electron chi connectivity index (χ2n) is 7.25. The summed E-state index contributed by atoms with van der Waals surface area (Å²) in [7, 11) is 0. The van der Waals surface area contributed by atoms with Gasteiger partial charge in [0.15, 0.2) is 0 Å². The largest absolute Gasteiger partial charge is 0.378 e. The lowest BCUT2D eigenvalue weighted by atomic mass is 10.1. The number of benzene rings is 2. The van der Waals surface area contributed by atoms with Crippen molar-refractivity contribution in [2.24, 2.45) is 0 Å². The van der Waals surface area contributed by atoms with E-state index in [0.717, 1.165) is 43.1 Å². The Kier molecular flexibility index (Phi) is 4.92. The summed E-state index contributed by atoms with van der Waals surface area (Å²) in [5.74, 6) is 0. The number of ether oxygens (including phenoxy) is 1. The third-order valence-electron chi connectivity index (χ3n) is 5.33. The molecule has 3 aromatic rings. The Bertz CT molecular complexity index is 1150. The molecule has 1 aliphatic rings. The maximum absolute atomic E-state index is 12.9. The Morgan fingerprint density at radius 1 is 1.00 bits per heavy atom. The molecule has 4 rings (SSSR count). The standard InChI is InChI=1S/C23H25N3O2/c1-16-4-7-21(14-17(16)2)26-23(27)22(18(3)24-26)15-19-5-8-20(9-6-19)25-10-12-28-13-11-25/h4-9,14-15,24H,3,10-13H2,1-2H3/b22-15+. The summed E-state index contributed by atoms with van der Waals surface area (Å²) >= 11 is 0. The Morgan fingerprint density at radius 3 is 2.36 bits per heavy atom. The van der Waals surface area contributed by atoms with Gasteiger partial charge in [0.25, 0.3) is 5.56 Å². The van der Waals surface area contributed by atoms with E-state index < -0.39 is 0 Å². The fraction of sp³-hybridized carbons (Fsp3) is 0.261. The SMILES string of the molecule is C=c1[nH]n(-c2ccc(C)c(C)c2)c(=O)/c1=C/c1ccc(N2CCOCC2)cc1. The van der Waals surface area contributed by atoms with E-state index in [0.29, 0.717) is 10.6 Å². The molecule has 5 nitrogen and oxygen atoms in total. The van der Waals surface area contributed by atoms with E-state index in [4.69, 9.17) is 4.74 Å². The van der Waals surface area contributed by atoms with Crippen LogP contribution in [0.4, 0.5) is 5.69 Å². The lowest BCUT2D eigenvalue weighted by Crippen LogP contribution is -2.36. The van der Waals surface area contributed by atoms with Crippen molar-refractivity contribution in [3.8, 4) is 5.69 Å². The van der Waals surface area contributed by atoms with Crippen LogP contribution in [-0.2, 0) is 4.74 Å². The van der Waals surface area contributed by atoms with Crippen LogP contribution >= 0.6 is 0 Å². The van der Waals surface area contributed by atoms with Gasteiger partial charge in [0.1, 0.15) is 0 Å². The van der Waals surface area contributed by atoms with Crippen LogP contribution < -0.4 is 21.0 Å². The number of hydrogen-bond acceptors (Lipinski definition) is 3. The molecule has 2 heterocycles. The van der Waals surface area contributed by atoms with Crippen LogP contribution in [0.25, 0.3) is 18.3 Å². The van der Waals surface area contributed by atoms with Gasteiger partial charge in [0, 0.05) is 18.8 Å². The number of aromatic amines is 1. The lowest BCUT2D eigenvalue weighted by molar-refractivity contribution is 0.122. The van der Waals surface area contributed by atoms with Crippen LogP contribution in [0.1, 0.15) is 16.7 Å². The third kappa shape index (κ3) is 3.53. The molecule has 0 saturated carbocycles. The molecule has 0 aliphatic carbocycles. The highest BCUT2D eigenvalue weighted by Crippen LogP contribution is 2.17. The maximum atomic E-state index is 12.9. The average molecular weight is 375 g/mol. The van der Waals surface area contributed by atoms with E-state index in [2.05, 4.69) is 35.6 Å². The zero-order valence-electron chi connectivity index (χ0n) is 16.4. The van der Waals surface area contributed by atoms with Crippen LogP contribution in [0.2, 0.25) is 0 Å². The predicted octanol–water partition coefficient (Wildman–Crippen LogP) is 1.86. The van der Waals surface area contributed by atoms with Crippen molar-refractivity contribution in [3.63, 3.8) is 0 Å². The molecule has 1 aromatic heterocycles. The molecular formula is C23H25N3O2. The van der Waals surface area contributed by atoms with Crippen molar-refractivity contribution in [2.75, 3.05) is 31.2 Å². The molecule has 0 atom stereocenters. The van der Waals surface area contributed by atoms with Crippen molar-refractivity contribution in [3.05, 3.63) is 80.1 Å². The summed E-state index contributed by atoms with van der Waals surface area (Å²) in [5.41, 5.74) is 5.23. The second-order valence-corrected chi connectivity index (χ2v) is 7.25. The van der Waals surface area contributed by atoms with Gasteiger partial charge in [-0.05, 0) is 60.9 Å². The summed E-state index contributed by atoms with van der Waals surface area (Å²) in [6.07, 6.45) is 1.89. The fourth-order valence-corrected chi connectivity index (χ4v) is 3.46. The minimum atomic E-state index is -0.0921. The van der Waals surface area contributed by atoms with E-state index in [-0.39, 0.29) is 5.56 Å². The highest BCUT2D eigenvalue weighted by atomic mass is 16.5. The number of H-pyrrole nitrogens is 1. The van der Waals surface area contributed by atoms with Gasteiger partial charge in [0.05, 0.1) is 29.5 Å². The highest BCUT2D eigenvalue weighted by molar-refractivity contribution is 5.56. The molecule has 2 aromatic carbocycles. The molecule has 28 heavy (non-hydrogen) atoms. The van der Waals surface area contributed by atoms with E-state index in [1.807, 2.05) is 43.3 Å². The number of aromatic nitrogens is 2. The zero-order chi connectivity index (χ0) is 19.7. The molecule has 1 saturated heterocycles. The van der Waals surface area contributed by atoms with Crippen LogP contribution in [0, 0.1) is 13.8 Å². The van der Waals surface area contributed by atoms with E-state index in [1.165, 1.54) is 11.3 Å². The van der Waals surface area contributed by atoms with Gasteiger partial charge in [0.2, 0.25) is 0 Å². The topological polar surface area (TPSA) is 50.3 Å². The molecular weight excluding hydrogens is 350 g/mol. The van der Waals surface area contributed by atoms with E-state index in [1.54, 1.807) is 4.68 Å². The number of aryl methyl sites for hydroxylation is 2. The second kappa shape index (κ2) is 7.52. The van der Waals surface area contributed by atoms with Gasteiger partial charge in [-0.1, -0.05) is 24.8 Å². The maximum Gasteiger partial charge on any atom is 0.279 e. The number of hydrogen-bond donors (Lipinski definition) is 1. The van der Waals surface area contributed by atoms with Crippen molar-refractivity contribution < 1.29 is 4.74 Å². The molecule has 0 amide bonds. The lowest BCUT2D eigenvalue weighted by Gasteiger charge is -2.28. The van der Waals surface area contributed by atoms with Crippen molar-refractivity contribution in [2.45, 2.75) is 13.8 Å². The Hall–Kier alpha value is -3.05. The molecule has 1 aliphatic heterocycles. The van der Waals surface area contributed by atoms with E-state index in [9.17, 15) is 4.79 Å². The molecule has 0 spiro atoms. The average Bonchev–Trinajstić information content (AvgIpc) is 2.99. The first-order valence-electron chi connectivity index (χ1n) is 9.55. The van der Waals surface area contributed by atoms with Crippen LogP contribution in [0.3, 0.4) is 0 Å². The predicted molar refractivity (Wildman–Crippen MR) is 114 cm³/mol. The van der Waals surface area contributed by atoms with Gasteiger partial charge in [-0.15, -0.1) is 0 Å². The van der Waals surface area contributed by atoms with Crippen LogP contribution in [0.5, 0.6) is 0 Å². The molecule has 0 radical (unpaired) electrons. The van der Waals surface area contributed by atoms with Gasteiger partial charge < -0.3 is 9.64 Å². The summed E-state index contributed by atoms with van der Waals surface area (Å²) in [6.45, 7) is 11.5. The third-order valence-corrected chi connectivity index (χ3v) is 5.33. The highest BCUT2D eigenvalue weighted by Gasteiger charge is 2.11. The monoisotopic (exact) mass is 375 g/mol.